The Morgan fingerprint density at radius 1 is 1.29 bits per heavy atom. The van der Waals surface area contributed by atoms with Crippen LogP contribution in [0.25, 0.3) is 0 Å². The number of hydrogen-bond acceptors (Lipinski definition) is 4. The summed E-state index contributed by atoms with van der Waals surface area (Å²) in [4.78, 5) is 16.7. The maximum absolute atomic E-state index is 12.4. The van der Waals surface area contributed by atoms with Crippen LogP contribution in [0.2, 0.25) is 0 Å². The minimum absolute atomic E-state index is 0.00757. The minimum Gasteiger partial charge on any atom is -0.379 e. The lowest BCUT2D eigenvalue weighted by molar-refractivity contribution is -0.137. The van der Waals surface area contributed by atoms with E-state index in [-0.39, 0.29) is 17.9 Å². The fraction of sp³-hybridized carbons (Fsp3) is 0.917. The van der Waals surface area contributed by atoms with Crippen molar-refractivity contribution in [3.63, 3.8) is 0 Å². The van der Waals surface area contributed by atoms with Crippen molar-refractivity contribution in [1.82, 2.24) is 15.1 Å². The molecule has 0 aromatic rings. The average Bonchev–Trinajstić information content (AvgIpc) is 2.86. The minimum atomic E-state index is 0.00757. The second-order valence-electron chi connectivity index (χ2n) is 4.80. The van der Waals surface area contributed by atoms with Gasteiger partial charge in [0.05, 0.1) is 19.1 Å². The first kappa shape index (κ1) is 12.8. The summed E-state index contributed by atoms with van der Waals surface area (Å²) in [6, 6.07) is 0.187. The molecule has 2 atom stereocenters. The van der Waals surface area contributed by atoms with Gasteiger partial charge < -0.3 is 19.9 Å². The summed E-state index contributed by atoms with van der Waals surface area (Å²) in [5.74, 6) is 0.269. The molecule has 2 unspecified atom stereocenters. The standard InChI is InChI=1S/C12H23N3O2/c1-3-14-4-6-15(7-5-14)12(16)10-8-17-9-11(10)13-2/h10-11,13H,3-9H2,1-2H3. The van der Waals surface area contributed by atoms with Crippen molar-refractivity contribution in [2.75, 3.05) is 53.0 Å². The summed E-state index contributed by atoms with van der Waals surface area (Å²) in [6.07, 6.45) is 0. The van der Waals surface area contributed by atoms with E-state index in [0.717, 1.165) is 32.7 Å². The topological polar surface area (TPSA) is 44.8 Å². The first-order chi connectivity index (χ1) is 8.26. The maximum Gasteiger partial charge on any atom is 0.229 e. The van der Waals surface area contributed by atoms with Gasteiger partial charge in [-0.3, -0.25) is 4.79 Å². The van der Waals surface area contributed by atoms with Crippen molar-refractivity contribution in [1.29, 1.82) is 0 Å². The van der Waals surface area contributed by atoms with Gasteiger partial charge in [0, 0.05) is 32.2 Å². The van der Waals surface area contributed by atoms with Gasteiger partial charge in [-0.25, -0.2) is 0 Å². The number of rotatable bonds is 3. The van der Waals surface area contributed by atoms with E-state index in [1.807, 2.05) is 11.9 Å². The fourth-order valence-electron chi connectivity index (χ4n) is 2.60. The number of carbonyl (C=O) groups is 1. The van der Waals surface area contributed by atoms with E-state index in [2.05, 4.69) is 17.1 Å². The Labute approximate surface area is 103 Å². The number of nitrogens with zero attached hydrogens (tertiary/aromatic N) is 2. The molecule has 0 saturated carbocycles. The van der Waals surface area contributed by atoms with Crippen molar-refractivity contribution < 1.29 is 9.53 Å². The molecule has 0 spiro atoms. The number of amides is 1. The molecule has 2 rings (SSSR count). The molecule has 2 heterocycles. The molecule has 98 valence electrons. The summed E-state index contributed by atoms with van der Waals surface area (Å²) in [5.41, 5.74) is 0. The number of piperazine rings is 1. The van der Waals surface area contributed by atoms with Crippen molar-refractivity contribution in [3.05, 3.63) is 0 Å². The highest BCUT2D eigenvalue weighted by Gasteiger charge is 2.36. The van der Waals surface area contributed by atoms with Crippen LogP contribution in [0.1, 0.15) is 6.92 Å². The van der Waals surface area contributed by atoms with Gasteiger partial charge in [0.25, 0.3) is 0 Å². The number of ether oxygens (including phenoxy) is 1. The van der Waals surface area contributed by atoms with Gasteiger partial charge in [0.2, 0.25) is 5.91 Å². The Bertz CT molecular complexity index is 264. The monoisotopic (exact) mass is 241 g/mol. The van der Waals surface area contributed by atoms with Crippen molar-refractivity contribution in [2.45, 2.75) is 13.0 Å². The van der Waals surface area contributed by atoms with Gasteiger partial charge in [0.15, 0.2) is 0 Å². The average molecular weight is 241 g/mol. The van der Waals surface area contributed by atoms with E-state index in [9.17, 15) is 4.79 Å². The first-order valence-electron chi connectivity index (χ1n) is 6.52. The van der Waals surface area contributed by atoms with Crippen LogP contribution in [0, 0.1) is 5.92 Å². The fourth-order valence-corrected chi connectivity index (χ4v) is 2.60. The lowest BCUT2D eigenvalue weighted by Gasteiger charge is -2.35. The lowest BCUT2D eigenvalue weighted by Crippen LogP contribution is -2.52. The normalized spacial score (nSPS) is 30.8. The molecule has 0 aromatic heterocycles. The molecule has 2 saturated heterocycles. The van der Waals surface area contributed by atoms with Crippen LogP contribution in [0.5, 0.6) is 0 Å². The van der Waals surface area contributed by atoms with Crippen molar-refractivity contribution in [3.8, 4) is 0 Å². The summed E-state index contributed by atoms with van der Waals surface area (Å²) < 4.78 is 5.39. The molecular weight excluding hydrogens is 218 g/mol. The van der Waals surface area contributed by atoms with Gasteiger partial charge in [-0.1, -0.05) is 6.92 Å². The van der Waals surface area contributed by atoms with Crippen LogP contribution in [-0.2, 0) is 9.53 Å². The Kier molecular flexibility index (Phi) is 4.36. The summed E-state index contributed by atoms with van der Waals surface area (Å²) in [6.45, 7) is 8.19. The van der Waals surface area contributed by atoms with E-state index in [1.54, 1.807) is 0 Å². The largest absolute Gasteiger partial charge is 0.379 e. The second kappa shape index (κ2) is 5.80. The Hall–Kier alpha value is -0.650. The third kappa shape index (κ3) is 2.78. The molecule has 1 amide bonds. The van der Waals surface area contributed by atoms with Crippen LogP contribution in [0.15, 0.2) is 0 Å². The zero-order valence-corrected chi connectivity index (χ0v) is 10.8. The molecule has 2 fully saturated rings. The smallest absolute Gasteiger partial charge is 0.229 e. The van der Waals surface area contributed by atoms with E-state index < -0.39 is 0 Å². The molecule has 5 nitrogen and oxygen atoms in total. The quantitative estimate of drug-likeness (QED) is 0.715. The molecule has 0 aliphatic carbocycles. The number of carbonyl (C=O) groups excluding carboxylic acids is 1. The zero-order chi connectivity index (χ0) is 12.3. The summed E-state index contributed by atoms with van der Waals surface area (Å²) in [7, 11) is 1.90. The van der Waals surface area contributed by atoms with Gasteiger partial charge in [0.1, 0.15) is 0 Å². The SMILES string of the molecule is CCN1CCN(C(=O)C2COCC2NC)CC1. The van der Waals surface area contributed by atoms with Crippen LogP contribution >= 0.6 is 0 Å². The van der Waals surface area contributed by atoms with Crippen molar-refractivity contribution in [2.24, 2.45) is 5.92 Å². The first-order valence-corrected chi connectivity index (χ1v) is 6.52. The molecule has 0 aromatic carbocycles. The van der Waals surface area contributed by atoms with Crippen LogP contribution < -0.4 is 5.32 Å². The van der Waals surface area contributed by atoms with E-state index in [0.29, 0.717) is 13.2 Å². The molecule has 2 aliphatic rings. The molecule has 17 heavy (non-hydrogen) atoms. The second-order valence-corrected chi connectivity index (χ2v) is 4.80. The molecule has 1 N–H and O–H groups in total. The molecule has 0 radical (unpaired) electrons. The zero-order valence-electron chi connectivity index (χ0n) is 10.8. The van der Waals surface area contributed by atoms with E-state index >= 15 is 0 Å². The summed E-state index contributed by atoms with van der Waals surface area (Å²) in [5, 5.41) is 3.17. The predicted octanol–water partition coefficient (Wildman–Crippen LogP) is -0.615. The molecule has 2 aliphatic heterocycles. The van der Waals surface area contributed by atoms with Crippen LogP contribution in [-0.4, -0.2) is 74.7 Å². The molecular formula is C12H23N3O2. The van der Waals surface area contributed by atoms with Crippen LogP contribution in [0.3, 0.4) is 0 Å². The highest BCUT2D eigenvalue weighted by molar-refractivity contribution is 5.80. The van der Waals surface area contributed by atoms with Crippen molar-refractivity contribution >= 4 is 5.91 Å². The third-order valence-electron chi connectivity index (χ3n) is 3.90. The van der Waals surface area contributed by atoms with E-state index in [1.165, 1.54) is 0 Å². The third-order valence-corrected chi connectivity index (χ3v) is 3.90. The maximum atomic E-state index is 12.4. The Balaban J connectivity index is 1.88. The Morgan fingerprint density at radius 3 is 2.59 bits per heavy atom. The highest BCUT2D eigenvalue weighted by Crippen LogP contribution is 2.17. The number of hydrogen-bond donors (Lipinski definition) is 1. The Morgan fingerprint density at radius 2 is 2.00 bits per heavy atom. The number of likely N-dealkylation sites (N-methyl/N-ethyl adjacent to an activating group) is 2. The van der Waals surface area contributed by atoms with Gasteiger partial charge >= 0.3 is 0 Å². The highest BCUT2D eigenvalue weighted by atomic mass is 16.5. The lowest BCUT2D eigenvalue weighted by atomic mass is 10.0. The van der Waals surface area contributed by atoms with Crippen LogP contribution in [0.4, 0.5) is 0 Å². The number of nitrogens with one attached hydrogen (secondary N) is 1. The van der Waals surface area contributed by atoms with Gasteiger partial charge in [-0.15, -0.1) is 0 Å². The molecule has 5 heteroatoms. The summed E-state index contributed by atoms with van der Waals surface area (Å²) >= 11 is 0. The van der Waals surface area contributed by atoms with E-state index in [4.69, 9.17) is 4.74 Å². The van der Waals surface area contributed by atoms with Gasteiger partial charge in [-0.05, 0) is 13.6 Å². The predicted molar refractivity (Wildman–Crippen MR) is 65.9 cm³/mol. The molecule has 0 bridgehead atoms. The van der Waals surface area contributed by atoms with Gasteiger partial charge in [-0.2, -0.15) is 0 Å².